The first-order chi connectivity index (χ1) is 12.7. The molecule has 0 bridgehead atoms. The van der Waals surface area contributed by atoms with Crippen LogP contribution in [0.5, 0.6) is 0 Å². The third-order valence-electron chi connectivity index (χ3n) is 4.51. The zero-order chi connectivity index (χ0) is 20.0. The van der Waals surface area contributed by atoms with Gasteiger partial charge in [-0.05, 0) is 39.2 Å². The molecule has 2 N–H and O–H groups in total. The molecule has 0 aromatic carbocycles. The highest BCUT2D eigenvalue weighted by molar-refractivity contribution is 5.80. The Hall–Kier alpha value is -1.77. The van der Waals surface area contributed by atoms with E-state index in [1.54, 1.807) is 0 Å². The molecule has 2 heterocycles. The average Bonchev–Trinajstić information content (AvgIpc) is 3.09. The number of aliphatic imine (C=N–C) groups is 1. The average molecular weight is 388 g/mol. The molecule has 0 saturated carbocycles. The molecule has 1 aliphatic heterocycles. The zero-order valence-electron chi connectivity index (χ0n) is 16.6. The van der Waals surface area contributed by atoms with Crippen LogP contribution < -0.4 is 10.6 Å². The van der Waals surface area contributed by atoms with Crippen molar-refractivity contribution >= 4 is 5.96 Å². The minimum absolute atomic E-state index is 0.0172. The lowest BCUT2D eigenvalue weighted by atomic mass is 10.2. The summed E-state index contributed by atoms with van der Waals surface area (Å²) in [6.45, 7) is 10.2. The van der Waals surface area contributed by atoms with Gasteiger partial charge >= 0.3 is 6.18 Å². The standard InChI is InChI=1S/C18H31F3N6/c1-5-22-17(24-16-6-7-26(11-16)12-18(19,20)21)23-9-13(2)10-27-15(4)8-14(3)25-27/h8,13,16H,5-7,9-12H2,1-4H3,(H2,22,23,24). The quantitative estimate of drug-likeness (QED) is 0.556. The largest absolute Gasteiger partial charge is 0.401 e. The van der Waals surface area contributed by atoms with Gasteiger partial charge in [-0.3, -0.25) is 14.6 Å². The number of hydrogen-bond acceptors (Lipinski definition) is 3. The minimum Gasteiger partial charge on any atom is -0.357 e. The molecule has 1 aliphatic rings. The zero-order valence-corrected chi connectivity index (χ0v) is 16.6. The lowest BCUT2D eigenvalue weighted by molar-refractivity contribution is -0.143. The number of nitrogens with zero attached hydrogens (tertiary/aromatic N) is 4. The minimum atomic E-state index is -4.15. The summed E-state index contributed by atoms with van der Waals surface area (Å²) in [5.41, 5.74) is 2.13. The molecule has 1 aromatic heterocycles. The fourth-order valence-corrected chi connectivity index (χ4v) is 3.32. The first-order valence-electron chi connectivity index (χ1n) is 9.51. The molecule has 0 spiro atoms. The predicted molar refractivity (Wildman–Crippen MR) is 101 cm³/mol. The molecule has 2 atom stereocenters. The molecule has 1 fully saturated rings. The number of rotatable bonds is 7. The van der Waals surface area contributed by atoms with Gasteiger partial charge in [-0.2, -0.15) is 18.3 Å². The summed E-state index contributed by atoms with van der Waals surface area (Å²) in [5.74, 6) is 0.959. The number of aromatic nitrogens is 2. The summed E-state index contributed by atoms with van der Waals surface area (Å²) in [6, 6.07) is 2.03. The molecule has 0 aliphatic carbocycles. The highest BCUT2D eigenvalue weighted by Crippen LogP contribution is 2.19. The van der Waals surface area contributed by atoms with Crippen LogP contribution in [-0.4, -0.2) is 65.6 Å². The maximum absolute atomic E-state index is 12.5. The summed E-state index contributed by atoms with van der Waals surface area (Å²) >= 11 is 0. The van der Waals surface area contributed by atoms with Gasteiger partial charge in [-0.25, -0.2) is 0 Å². The topological polar surface area (TPSA) is 57.5 Å². The first-order valence-corrected chi connectivity index (χ1v) is 9.51. The fourth-order valence-electron chi connectivity index (χ4n) is 3.32. The second kappa shape index (κ2) is 9.43. The summed E-state index contributed by atoms with van der Waals surface area (Å²) in [5, 5.41) is 10.9. The smallest absolute Gasteiger partial charge is 0.357 e. The number of aryl methyl sites for hydroxylation is 2. The van der Waals surface area contributed by atoms with Gasteiger partial charge in [0, 0.05) is 44.5 Å². The van der Waals surface area contributed by atoms with Gasteiger partial charge in [-0.1, -0.05) is 6.92 Å². The van der Waals surface area contributed by atoms with Crippen LogP contribution in [0.2, 0.25) is 0 Å². The van der Waals surface area contributed by atoms with Crippen molar-refractivity contribution in [2.75, 3.05) is 32.7 Å². The van der Waals surface area contributed by atoms with Gasteiger partial charge in [0.05, 0.1) is 12.2 Å². The van der Waals surface area contributed by atoms with Gasteiger partial charge in [-0.15, -0.1) is 0 Å². The summed E-state index contributed by atoms with van der Waals surface area (Å²) in [4.78, 5) is 6.06. The molecule has 1 saturated heterocycles. The Morgan fingerprint density at radius 1 is 1.41 bits per heavy atom. The van der Waals surface area contributed by atoms with Crippen LogP contribution in [0.3, 0.4) is 0 Å². The van der Waals surface area contributed by atoms with E-state index in [4.69, 9.17) is 0 Å². The molecular formula is C18H31F3N6. The Morgan fingerprint density at radius 3 is 2.74 bits per heavy atom. The van der Waals surface area contributed by atoms with Crippen LogP contribution in [0.1, 0.15) is 31.7 Å². The van der Waals surface area contributed by atoms with Crippen LogP contribution in [-0.2, 0) is 6.54 Å². The molecule has 27 heavy (non-hydrogen) atoms. The van der Waals surface area contributed by atoms with Gasteiger partial charge in [0.25, 0.3) is 0 Å². The van der Waals surface area contributed by atoms with E-state index in [0.717, 1.165) is 17.9 Å². The number of alkyl halides is 3. The van der Waals surface area contributed by atoms with Crippen LogP contribution in [0.15, 0.2) is 11.1 Å². The van der Waals surface area contributed by atoms with E-state index in [9.17, 15) is 13.2 Å². The van der Waals surface area contributed by atoms with Crippen LogP contribution in [0.25, 0.3) is 0 Å². The maximum Gasteiger partial charge on any atom is 0.401 e. The van der Waals surface area contributed by atoms with Gasteiger partial charge in [0.2, 0.25) is 0 Å². The van der Waals surface area contributed by atoms with Crippen molar-refractivity contribution in [3.63, 3.8) is 0 Å². The normalized spacial score (nSPS) is 20.1. The second-order valence-electron chi connectivity index (χ2n) is 7.41. The molecule has 0 radical (unpaired) electrons. The molecule has 2 rings (SSSR count). The van der Waals surface area contributed by atoms with Crippen LogP contribution in [0.4, 0.5) is 13.2 Å². The fraction of sp³-hybridized carbons (Fsp3) is 0.778. The van der Waals surface area contributed by atoms with Crippen molar-refractivity contribution < 1.29 is 13.2 Å². The van der Waals surface area contributed by atoms with E-state index in [-0.39, 0.29) is 6.04 Å². The van der Waals surface area contributed by atoms with Crippen molar-refractivity contribution in [3.8, 4) is 0 Å². The monoisotopic (exact) mass is 388 g/mol. The lowest BCUT2D eigenvalue weighted by Crippen LogP contribution is -2.45. The molecular weight excluding hydrogens is 357 g/mol. The second-order valence-corrected chi connectivity index (χ2v) is 7.41. The molecule has 0 amide bonds. The third kappa shape index (κ3) is 7.40. The molecule has 154 valence electrons. The van der Waals surface area contributed by atoms with Crippen LogP contribution in [0, 0.1) is 19.8 Å². The predicted octanol–water partition coefficient (Wildman–Crippen LogP) is 2.33. The Labute approximate surface area is 159 Å². The molecule has 1 aromatic rings. The van der Waals surface area contributed by atoms with E-state index < -0.39 is 12.7 Å². The van der Waals surface area contributed by atoms with Gasteiger partial charge < -0.3 is 10.6 Å². The van der Waals surface area contributed by atoms with E-state index in [1.807, 2.05) is 25.5 Å². The van der Waals surface area contributed by atoms with Crippen molar-refractivity contribution in [3.05, 3.63) is 17.5 Å². The van der Waals surface area contributed by atoms with Gasteiger partial charge in [0.1, 0.15) is 0 Å². The summed E-state index contributed by atoms with van der Waals surface area (Å²) in [7, 11) is 0. The number of halogens is 3. The van der Waals surface area contributed by atoms with Crippen molar-refractivity contribution in [2.24, 2.45) is 10.9 Å². The highest BCUT2D eigenvalue weighted by Gasteiger charge is 2.34. The highest BCUT2D eigenvalue weighted by atomic mass is 19.4. The van der Waals surface area contributed by atoms with Crippen molar-refractivity contribution in [2.45, 2.75) is 52.9 Å². The number of guanidine groups is 1. The maximum atomic E-state index is 12.5. The van der Waals surface area contributed by atoms with Gasteiger partial charge in [0.15, 0.2) is 5.96 Å². The van der Waals surface area contributed by atoms with Crippen LogP contribution >= 0.6 is 0 Å². The van der Waals surface area contributed by atoms with E-state index in [0.29, 0.717) is 44.5 Å². The van der Waals surface area contributed by atoms with Crippen molar-refractivity contribution in [1.82, 2.24) is 25.3 Å². The Morgan fingerprint density at radius 2 is 2.15 bits per heavy atom. The number of nitrogens with one attached hydrogen (secondary N) is 2. The lowest BCUT2D eigenvalue weighted by Gasteiger charge is -2.20. The summed E-state index contributed by atoms with van der Waals surface area (Å²) < 4.78 is 39.6. The summed E-state index contributed by atoms with van der Waals surface area (Å²) in [6.07, 6.45) is -3.46. The Kier molecular flexibility index (Phi) is 7.52. The van der Waals surface area contributed by atoms with E-state index >= 15 is 0 Å². The van der Waals surface area contributed by atoms with Crippen molar-refractivity contribution in [1.29, 1.82) is 0 Å². The van der Waals surface area contributed by atoms with E-state index in [2.05, 4.69) is 33.7 Å². The Bertz CT molecular complexity index is 625. The third-order valence-corrected chi connectivity index (χ3v) is 4.51. The number of hydrogen-bond donors (Lipinski definition) is 2. The van der Waals surface area contributed by atoms with E-state index in [1.165, 1.54) is 4.90 Å². The first kappa shape index (κ1) is 21.5. The molecule has 2 unspecified atom stereocenters. The molecule has 9 heteroatoms. The molecule has 6 nitrogen and oxygen atoms in total. The SMILES string of the molecule is CCNC(=NCC(C)Cn1nc(C)cc1C)NC1CCN(CC(F)(F)F)C1. The Balaban J connectivity index is 1.85. The number of likely N-dealkylation sites (tertiary alicyclic amines) is 1.